The van der Waals surface area contributed by atoms with Gasteiger partial charge in [-0.2, -0.15) is 13.2 Å². The molecule has 0 aromatic carbocycles. The van der Waals surface area contributed by atoms with Crippen LogP contribution >= 0.6 is 0 Å². The Labute approximate surface area is 98.7 Å². The molecular formula is C9H17F3N2O2S. The van der Waals surface area contributed by atoms with E-state index in [9.17, 15) is 21.6 Å². The van der Waals surface area contributed by atoms with Crippen LogP contribution in [0.25, 0.3) is 0 Å². The average molecular weight is 274 g/mol. The summed E-state index contributed by atoms with van der Waals surface area (Å²) < 4.78 is 59.7. The highest BCUT2D eigenvalue weighted by Crippen LogP contribution is 2.34. The summed E-state index contributed by atoms with van der Waals surface area (Å²) in [6, 6.07) is 0. The number of hydrogen-bond acceptors (Lipinski definition) is 4. The second-order valence-corrected chi connectivity index (χ2v) is 6.77. The Morgan fingerprint density at radius 3 is 2.47 bits per heavy atom. The molecule has 0 aromatic rings. The minimum atomic E-state index is -4.37. The molecule has 0 bridgehead atoms. The molecule has 0 aromatic heterocycles. The van der Waals surface area contributed by atoms with Gasteiger partial charge in [0.1, 0.15) is 0 Å². The van der Waals surface area contributed by atoms with Crippen LogP contribution in [0.2, 0.25) is 0 Å². The van der Waals surface area contributed by atoms with Crippen LogP contribution in [0.3, 0.4) is 0 Å². The van der Waals surface area contributed by atoms with E-state index in [4.69, 9.17) is 5.73 Å². The molecule has 1 saturated carbocycles. The number of sulfone groups is 1. The van der Waals surface area contributed by atoms with E-state index in [-0.39, 0.29) is 6.54 Å². The molecule has 3 N–H and O–H groups in total. The molecule has 1 rings (SSSR count). The van der Waals surface area contributed by atoms with E-state index in [1.165, 1.54) is 0 Å². The molecule has 1 fully saturated rings. The first-order chi connectivity index (χ1) is 7.61. The lowest BCUT2D eigenvalue weighted by atomic mass is 9.97. The molecule has 0 radical (unpaired) electrons. The topological polar surface area (TPSA) is 72.2 Å². The number of hydrogen-bond donors (Lipinski definition) is 2. The molecule has 0 saturated heterocycles. The molecule has 17 heavy (non-hydrogen) atoms. The fourth-order valence-corrected chi connectivity index (χ4v) is 4.16. The first kappa shape index (κ1) is 14.7. The SMILES string of the molecule is CS(=O)(=O)C1CCCC1(CN)NCC(F)(F)F. The van der Waals surface area contributed by atoms with Crippen molar-refractivity contribution in [1.82, 2.24) is 5.32 Å². The maximum absolute atomic E-state index is 12.2. The van der Waals surface area contributed by atoms with Gasteiger partial charge < -0.3 is 11.1 Å². The molecule has 0 heterocycles. The van der Waals surface area contributed by atoms with Gasteiger partial charge in [0.15, 0.2) is 9.84 Å². The van der Waals surface area contributed by atoms with Gasteiger partial charge in [0, 0.05) is 18.3 Å². The summed E-state index contributed by atoms with van der Waals surface area (Å²) in [6.07, 6.45) is -2.03. The zero-order valence-corrected chi connectivity index (χ0v) is 10.4. The number of rotatable bonds is 4. The third-order valence-corrected chi connectivity index (χ3v) is 4.95. The van der Waals surface area contributed by atoms with Gasteiger partial charge in [0.05, 0.1) is 11.8 Å². The molecule has 4 nitrogen and oxygen atoms in total. The van der Waals surface area contributed by atoms with Crippen LogP contribution in [0.5, 0.6) is 0 Å². The van der Waals surface area contributed by atoms with Crippen LogP contribution in [-0.4, -0.2) is 44.7 Å². The summed E-state index contributed by atoms with van der Waals surface area (Å²) in [5, 5.41) is 1.48. The molecule has 0 aliphatic heterocycles. The summed E-state index contributed by atoms with van der Waals surface area (Å²) >= 11 is 0. The smallest absolute Gasteiger partial charge is 0.329 e. The van der Waals surface area contributed by atoms with Crippen LogP contribution in [0.15, 0.2) is 0 Å². The van der Waals surface area contributed by atoms with Crippen LogP contribution in [0, 0.1) is 0 Å². The van der Waals surface area contributed by atoms with Gasteiger partial charge >= 0.3 is 6.18 Å². The Hall–Kier alpha value is -0.340. The zero-order chi connectivity index (χ0) is 13.3. The van der Waals surface area contributed by atoms with Crippen molar-refractivity contribution in [2.24, 2.45) is 5.73 Å². The highest BCUT2D eigenvalue weighted by molar-refractivity contribution is 7.91. The lowest BCUT2D eigenvalue weighted by Gasteiger charge is -2.34. The largest absolute Gasteiger partial charge is 0.401 e. The number of halogens is 3. The maximum atomic E-state index is 12.2. The second kappa shape index (κ2) is 4.74. The average Bonchev–Trinajstić information content (AvgIpc) is 2.57. The van der Waals surface area contributed by atoms with E-state index >= 15 is 0 Å². The minimum Gasteiger partial charge on any atom is -0.329 e. The number of nitrogens with one attached hydrogen (secondary N) is 1. The fraction of sp³-hybridized carbons (Fsp3) is 1.00. The van der Waals surface area contributed by atoms with Crippen molar-refractivity contribution in [3.05, 3.63) is 0 Å². The van der Waals surface area contributed by atoms with Gasteiger partial charge in [-0.25, -0.2) is 8.42 Å². The molecule has 102 valence electrons. The van der Waals surface area contributed by atoms with Crippen LogP contribution in [0.4, 0.5) is 13.2 Å². The molecule has 0 spiro atoms. The van der Waals surface area contributed by atoms with E-state index in [0.29, 0.717) is 19.3 Å². The monoisotopic (exact) mass is 274 g/mol. The zero-order valence-electron chi connectivity index (χ0n) is 9.55. The number of nitrogens with two attached hydrogens (primary N) is 1. The third kappa shape index (κ3) is 3.56. The van der Waals surface area contributed by atoms with E-state index < -0.39 is 33.3 Å². The predicted molar refractivity (Wildman–Crippen MR) is 58.3 cm³/mol. The third-order valence-electron chi connectivity index (χ3n) is 3.23. The van der Waals surface area contributed by atoms with Crippen LogP contribution in [-0.2, 0) is 9.84 Å². The minimum absolute atomic E-state index is 0.110. The van der Waals surface area contributed by atoms with E-state index in [0.717, 1.165) is 6.26 Å². The van der Waals surface area contributed by atoms with Crippen molar-refractivity contribution in [2.45, 2.75) is 36.2 Å². The highest BCUT2D eigenvalue weighted by atomic mass is 32.2. The van der Waals surface area contributed by atoms with E-state index in [2.05, 4.69) is 5.32 Å². The number of alkyl halides is 3. The van der Waals surface area contributed by atoms with Crippen molar-refractivity contribution in [1.29, 1.82) is 0 Å². The van der Waals surface area contributed by atoms with Gasteiger partial charge in [-0.05, 0) is 12.8 Å². The van der Waals surface area contributed by atoms with E-state index in [1.807, 2.05) is 0 Å². The second-order valence-electron chi connectivity index (χ2n) is 4.54. The van der Waals surface area contributed by atoms with Crippen molar-refractivity contribution in [3.8, 4) is 0 Å². The van der Waals surface area contributed by atoms with Crippen molar-refractivity contribution >= 4 is 9.84 Å². The first-order valence-electron chi connectivity index (χ1n) is 5.31. The van der Waals surface area contributed by atoms with Gasteiger partial charge in [-0.3, -0.25) is 0 Å². The Morgan fingerprint density at radius 1 is 1.47 bits per heavy atom. The first-order valence-corrected chi connectivity index (χ1v) is 7.27. The summed E-state index contributed by atoms with van der Waals surface area (Å²) in [5.74, 6) is 0. The summed E-state index contributed by atoms with van der Waals surface area (Å²) in [5.41, 5.74) is 4.36. The van der Waals surface area contributed by atoms with Gasteiger partial charge in [0.2, 0.25) is 0 Å². The summed E-state index contributed by atoms with van der Waals surface area (Å²) in [7, 11) is -3.40. The Morgan fingerprint density at radius 2 is 2.06 bits per heavy atom. The highest BCUT2D eigenvalue weighted by Gasteiger charge is 2.48. The van der Waals surface area contributed by atoms with Gasteiger partial charge in [-0.1, -0.05) is 6.42 Å². The standard InChI is InChI=1S/C9H17F3N2O2S/c1-17(15,16)7-3-2-4-8(7,5-13)14-6-9(10,11)12/h7,14H,2-6,13H2,1H3. The molecule has 8 heteroatoms. The van der Waals surface area contributed by atoms with Crippen LogP contribution in [0.1, 0.15) is 19.3 Å². The predicted octanol–water partition coefficient (Wildman–Crippen LogP) is 0.433. The van der Waals surface area contributed by atoms with Gasteiger partial charge in [0.25, 0.3) is 0 Å². The molecule has 2 atom stereocenters. The van der Waals surface area contributed by atoms with Crippen molar-refractivity contribution < 1.29 is 21.6 Å². The Balaban J connectivity index is 2.87. The fourth-order valence-electron chi connectivity index (χ4n) is 2.45. The Bertz CT molecular complexity index is 369. The van der Waals surface area contributed by atoms with Gasteiger partial charge in [-0.15, -0.1) is 0 Å². The molecule has 0 amide bonds. The van der Waals surface area contributed by atoms with Crippen molar-refractivity contribution in [2.75, 3.05) is 19.3 Å². The van der Waals surface area contributed by atoms with Crippen molar-refractivity contribution in [3.63, 3.8) is 0 Å². The summed E-state index contributed by atoms with van der Waals surface area (Å²) in [4.78, 5) is 0. The Kier molecular flexibility index (Phi) is 4.10. The van der Waals surface area contributed by atoms with E-state index in [1.54, 1.807) is 0 Å². The normalized spacial score (nSPS) is 30.8. The molecule has 1 aliphatic rings. The maximum Gasteiger partial charge on any atom is 0.401 e. The lowest BCUT2D eigenvalue weighted by Crippen LogP contribution is -2.60. The lowest BCUT2D eigenvalue weighted by molar-refractivity contribution is -0.128. The quantitative estimate of drug-likeness (QED) is 0.780. The van der Waals surface area contributed by atoms with Crippen LogP contribution < -0.4 is 11.1 Å². The summed E-state index contributed by atoms with van der Waals surface area (Å²) in [6.45, 7) is -1.32. The molecular weight excluding hydrogens is 257 g/mol. The molecule has 2 unspecified atom stereocenters. The molecule has 1 aliphatic carbocycles.